The van der Waals surface area contributed by atoms with Gasteiger partial charge in [-0.05, 0) is 17.7 Å². The lowest BCUT2D eigenvalue weighted by Gasteiger charge is -2.07. The van der Waals surface area contributed by atoms with Crippen LogP contribution in [0.1, 0.15) is 11.4 Å². The third-order valence-electron chi connectivity index (χ3n) is 2.79. The molecule has 0 radical (unpaired) electrons. The van der Waals surface area contributed by atoms with Gasteiger partial charge in [0.1, 0.15) is 0 Å². The molecule has 0 aliphatic rings. The van der Waals surface area contributed by atoms with Gasteiger partial charge < -0.3 is 5.32 Å². The number of rotatable bonds is 4. The van der Waals surface area contributed by atoms with E-state index in [-0.39, 0.29) is 0 Å². The van der Waals surface area contributed by atoms with Crippen molar-refractivity contribution >= 4 is 26.8 Å². The number of H-pyrrole nitrogens is 1. The summed E-state index contributed by atoms with van der Waals surface area (Å²) in [7, 11) is 0. The van der Waals surface area contributed by atoms with Crippen molar-refractivity contribution in [2.24, 2.45) is 0 Å². The number of hydrogen-bond acceptors (Lipinski definition) is 5. The molecule has 3 rings (SSSR count). The Morgan fingerprint density at radius 2 is 2.16 bits per heavy atom. The fourth-order valence-electron chi connectivity index (χ4n) is 1.91. The molecule has 0 aliphatic carbocycles. The predicted molar refractivity (Wildman–Crippen MR) is 74.2 cm³/mol. The zero-order valence-corrected chi connectivity index (χ0v) is 11.6. The van der Waals surface area contributed by atoms with Crippen LogP contribution < -0.4 is 5.32 Å². The minimum absolute atomic E-state index is 0.570. The lowest BCUT2D eigenvalue weighted by atomic mass is 10.1. The molecule has 2 N–H and O–H groups in total. The molecule has 7 heteroatoms. The first-order valence-electron chi connectivity index (χ1n) is 5.80. The first-order chi connectivity index (χ1) is 9.34. The van der Waals surface area contributed by atoms with E-state index < -0.39 is 0 Å². The van der Waals surface area contributed by atoms with Crippen molar-refractivity contribution in [3.8, 4) is 0 Å². The molecule has 2 heterocycles. The first kappa shape index (κ1) is 12.2. The van der Waals surface area contributed by atoms with Gasteiger partial charge in [-0.25, -0.2) is 0 Å². The highest BCUT2D eigenvalue weighted by Gasteiger charge is 2.05. The summed E-state index contributed by atoms with van der Waals surface area (Å²) in [5.74, 6) is 0.648. The predicted octanol–water partition coefficient (Wildman–Crippen LogP) is 1.80. The number of nitrogens with one attached hydrogen (secondary N) is 2. The van der Waals surface area contributed by atoms with E-state index in [4.69, 9.17) is 0 Å². The van der Waals surface area contributed by atoms with Crippen molar-refractivity contribution in [2.75, 3.05) is 0 Å². The van der Waals surface area contributed by atoms with Gasteiger partial charge in [-0.2, -0.15) is 5.21 Å². The molecule has 0 saturated heterocycles. The second-order valence-electron chi connectivity index (χ2n) is 4.04. The van der Waals surface area contributed by atoms with Crippen LogP contribution in [0.2, 0.25) is 0 Å². The molecule has 0 aliphatic heterocycles. The molecular weight excluding hydrogens is 308 g/mol. The van der Waals surface area contributed by atoms with Crippen molar-refractivity contribution in [3.63, 3.8) is 0 Å². The van der Waals surface area contributed by atoms with Gasteiger partial charge in [0.25, 0.3) is 0 Å². The molecule has 1 aromatic carbocycles. The molecular formula is C12H11BrN6. The van der Waals surface area contributed by atoms with Crippen molar-refractivity contribution in [1.29, 1.82) is 0 Å². The van der Waals surface area contributed by atoms with Gasteiger partial charge in [0.15, 0.2) is 5.82 Å². The molecule has 0 atom stereocenters. The third kappa shape index (κ3) is 2.61. The van der Waals surface area contributed by atoms with Gasteiger partial charge in [-0.15, -0.1) is 10.2 Å². The number of aromatic nitrogens is 5. The molecule has 0 fully saturated rings. The fourth-order valence-corrected chi connectivity index (χ4v) is 2.36. The molecule has 0 bridgehead atoms. The van der Waals surface area contributed by atoms with Crippen molar-refractivity contribution in [3.05, 3.63) is 46.3 Å². The zero-order valence-electron chi connectivity index (χ0n) is 9.97. The highest BCUT2D eigenvalue weighted by molar-refractivity contribution is 9.10. The average Bonchev–Trinajstić information content (AvgIpc) is 2.95. The number of halogens is 1. The Morgan fingerprint density at radius 3 is 3.00 bits per heavy atom. The standard InChI is InChI=1S/C12H11BrN6/c13-10-4-3-8(12-9(10)2-1-5-15-12)6-14-7-11-16-18-19-17-11/h1-5,14H,6-7H2,(H,16,17,18,19). The Labute approximate surface area is 117 Å². The number of nitrogens with zero attached hydrogens (tertiary/aromatic N) is 4. The maximum atomic E-state index is 4.44. The summed E-state index contributed by atoms with van der Waals surface area (Å²) in [6, 6.07) is 8.08. The van der Waals surface area contributed by atoms with Crippen molar-refractivity contribution < 1.29 is 0 Å². The van der Waals surface area contributed by atoms with E-state index in [0.29, 0.717) is 18.9 Å². The number of fused-ring (bicyclic) bond motifs is 1. The van der Waals surface area contributed by atoms with Crippen LogP contribution in [-0.4, -0.2) is 25.6 Å². The molecule has 0 saturated carbocycles. The molecule has 2 aromatic heterocycles. The molecule has 0 unspecified atom stereocenters. The van der Waals surface area contributed by atoms with Crippen LogP contribution in [0.3, 0.4) is 0 Å². The van der Waals surface area contributed by atoms with Gasteiger partial charge >= 0.3 is 0 Å². The number of benzene rings is 1. The molecule has 6 nitrogen and oxygen atoms in total. The maximum Gasteiger partial charge on any atom is 0.188 e. The number of pyridine rings is 1. The van der Waals surface area contributed by atoms with E-state index >= 15 is 0 Å². The van der Waals surface area contributed by atoms with E-state index in [1.54, 1.807) is 6.20 Å². The number of hydrogen-bond donors (Lipinski definition) is 2. The van der Waals surface area contributed by atoms with E-state index in [0.717, 1.165) is 20.9 Å². The van der Waals surface area contributed by atoms with Gasteiger partial charge in [0.05, 0.1) is 12.1 Å². The normalized spacial score (nSPS) is 11.0. The SMILES string of the molecule is Brc1ccc(CNCc2nn[nH]n2)c2ncccc12. The number of aromatic amines is 1. The minimum atomic E-state index is 0.570. The van der Waals surface area contributed by atoms with Crippen LogP contribution >= 0.6 is 15.9 Å². The van der Waals surface area contributed by atoms with Gasteiger partial charge in [-0.1, -0.05) is 33.3 Å². The quantitative estimate of drug-likeness (QED) is 0.766. The summed E-state index contributed by atoms with van der Waals surface area (Å²) in [6.45, 7) is 1.27. The summed E-state index contributed by atoms with van der Waals surface area (Å²) < 4.78 is 1.05. The van der Waals surface area contributed by atoms with E-state index in [1.165, 1.54) is 0 Å². The van der Waals surface area contributed by atoms with Crippen LogP contribution in [-0.2, 0) is 13.1 Å². The number of tetrazole rings is 1. The summed E-state index contributed by atoms with van der Waals surface area (Å²) in [5.41, 5.74) is 2.14. The van der Waals surface area contributed by atoms with Crippen LogP contribution in [0.4, 0.5) is 0 Å². The monoisotopic (exact) mass is 318 g/mol. The van der Waals surface area contributed by atoms with E-state index in [9.17, 15) is 0 Å². The van der Waals surface area contributed by atoms with E-state index in [1.807, 2.05) is 12.1 Å². The smallest absolute Gasteiger partial charge is 0.188 e. The Balaban J connectivity index is 1.79. The average molecular weight is 319 g/mol. The Kier molecular flexibility index (Phi) is 3.47. The van der Waals surface area contributed by atoms with Crippen LogP contribution in [0, 0.1) is 0 Å². The largest absolute Gasteiger partial charge is 0.306 e. The Bertz CT molecular complexity index is 682. The highest BCUT2D eigenvalue weighted by Crippen LogP contribution is 2.25. The third-order valence-corrected chi connectivity index (χ3v) is 3.48. The van der Waals surface area contributed by atoms with E-state index in [2.05, 4.69) is 59.0 Å². The van der Waals surface area contributed by atoms with Gasteiger partial charge in [0, 0.05) is 22.6 Å². The van der Waals surface area contributed by atoms with Crippen LogP contribution in [0.15, 0.2) is 34.9 Å². The molecule has 0 amide bonds. The molecule has 96 valence electrons. The van der Waals surface area contributed by atoms with Gasteiger partial charge in [0.2, 0.25) is 0 Å². The molecule has 3 aromatic rings. The lowest BCUT2D eigenvalue weighted by Crippen LogP contribution is -2.14. The summed E-state index contributed by atoms with van der Waals surface area (Å²) in [6.07, 6.45) is 1.80. The second-order valence-corrected chi connectivity index (χ2v) is 4.89. The van der Waals surface area contributed by atoms with Crippen molar-refractivity contribution in [2.45, 2.75) is 13.1 Å². The summed E-state index contributed by atoms with van der Waals surface area (Å²) in [4.78, 5) is 4.44. The van der Waals surface area contributed by atoms with Crippen LogP contribution in [0.5, 0.6) is 0 Å². The Morgan fingerprint density at radius 1 is 1.21 bits per heavy atom. The maximum absolute atomic E-state index is 4.44. The first-order valence-corrected chi connectivity index (χ1v) is 6.59. The zero-order chi connectivity index (χ0) is 13.1. The highest BCUT2D eigenvalue weighted by atomic mass is 79.9. The van der Waals surface area contributed by atoms with Gasteiger partial charge in [-0.3, -0.25) is 4.98 Å². The minimum Gasteiger partial charge on any atom is -0.306 e. The molecule has 0 spiro atoms. The van der Waals surface area contributed by atoms with Crippen molar-refractivity contribution in [1.82, 2.24) is 30.9 Å². The Hall–Kier alpha value is -1.86. The molecule has 19 heavy (non-hydrogen) atoms. The van der Waals surface area contributed by atoms with Crippen LogP contribution in [0.25, 0.3) is 10.9 Å². The second kappa shape index (κ2) is 5.41. The summed E-state index contributed by atoms with van der Waals surface area (Å²) >= 11 is 3.54. The fraction of sp³-hybridized carbons (Fsp3) is 0.167. The topological polar surface area (TPSA) is 79.4 Å². The summed E-state index contributed by atoms with van der Waals surface area (Å²) in [5, 5.41) is 18.1. The lowest BCUT2D eigenvalue weighted by molar-refractivity contribution is 0.665.